The SMILES string of the molecule is Cc1nc(-c2ccc(NC(=O)NCC3CC(=O)N(C4CCCC4)C3)cc2)n[nH]1. The lowest BCUT2D eigenvalue weighted by atomic mass is 10.1. The quantitative estimate of drug-likeness (QED) is 0.740. The van der Waals surface area contributed by atoms with Gasteiger partial charge in [-0.15, -0.1) is 0 Å². The zero-order valence-corrected chi connectivity index (χ0v) is 16.1. The fourth-order valence-corrected chi connectivity index (χ4v) is 4.10. The van der Waals surface area contributed by atoms with Gasteiger partial charge in [0.15, 0.2) is 5.82 Å². The molecule has 1 saturated carbocycles. The minimum Gasteiger partial charge on any atom is -0.339 e. The van der Waals surface area contributed by atoms with Crippen molar-refractivity contribution in [1.82, 2.24) is 25.4 Å². The van der Waals surface area contributed by atoms with Gasteiger partial charge in [0.1, 0.15) is 5.82 Å². The zero-order valence-electron chi connectivity index (χ0n) is 16.1. The summed E-state index contributed by atoms with van der Waals surface area (Å²) in [5.41, 5.74) is 1.58. The van der Waals surface area contributed by atoms with Gasteiger partial charge in [-0.1, -0.05) is 12.8 Å². The molecule has 0 radical (unpaired) electrons. The normalized spacial score (nSPS) is 20.0. The Morgan fingerprint density at radius 3 is 2.68 bits per heavy atom. The molecule has 1 aliphatic carbocycles. The second-order valence-corrected chi connectivity index (χ2v) is 7.71. The van der Waals surface area contributed by atoms with Crippen molar-refractivity contribution in [3.63, 3.8) is 0 Å². The molecule has 1 aliphatic heterocycles. The molecule has 3 N–H and O–H groups in total. The van der Waals surface area contributed by atoms with E-state index in [0.717, 1.165) is 30.8 Å². The lowest BCUT2D eigenvalue weighted by Gasteiger charge is -2.24. The van der Waals surface area contributed by atoms with Crippen molar-refractivity contribution in [2.24, 2.45) is 5.92 Å². The Kier molecular flexibility index (Phi) is 5.27. The van der Waals surface area contributed by atoms with Gasteiger partial charge in [-0.25, -0.2) is 9.78 Å². The maximum Gasteiger partial charge on any atom is 0.319 e. The third-order valence-electron chi connectivity index (χ3n) is 5.55. The van der Waals surface area contributed by atoms with Crippen LogP contribution in [-0.2, 0) is 4.79 Å². The zero-order chi connectivity index (χ0) is 19.5. The molecule has 0 bridgehead atoms. The summed E-state index contributed by atoms with van der Waals surface area (Å²) >= 11 is 0. The van der Waals surface area contributed by atoms with Crippen molar-refractivity contribution in [3.05, 3.63) is 30.1 Å². The number of anilines is 1. The number of hydrogen-bond acceptors (Lipinski definition) is 4. The number of carbonyl (C=O) groups is 2. The predicted octanol–water partition coefficient (Wildman–Crippen LogP) is 2.69. The number of nitrogens with zero attached hydrogens (tertiary/aromatic N) is 3. The van der Waals surface area contributed by atoms with Gasteiger partial charge in [-0.05, 0) is 44.0 Å². The first kappa shape index (κ1) is 18.5. The number of benzene rings is 1. The second kappa shape index (κ2) is 8.00. The second-order valence-electron chi connectivity index (χ2n) is 7.71. The first-order valence-electron chi connectivity index (χ1n) is 9.92. The Labute approximate surface area is 164 Å². The van der Waals surface area contributed by atoms with Gasteiger partial charge >= 0.3 is 6.03 Å². The molecule has 1 aromatic carbocycles. The number of aromatic nitrogens is 3. The summed E-state index contributed by atoms with van der Waals surface area (Å²) in [5, 5.41) is 12.7. The summed E-state index contributed by atoms with van der Waals surface area (Å²) in [6.07, 6.45) is 5.20. The fourth-order valence-electron chi connectivity index (χ4n) is 4.10. The van der Waals surface area contributed by atoms with Crippen LogP contribution in [0.25, 0.3) is 11.4 Å². The summed E-state index contributed by atoms with van der Waals surface area (Å²) in [5.74, 6) is 1.81. The van der Waals surface area contributed by atoms with Crippen LogP contribution in [0.3, 0.4) is 0 Å². The first-order chi connectivity index (χ1) is 13.6. The van der Waals surface area contributed by atoms with E-state index in [2.05, 4.69) is 25.8 Å². The Hall–Kier alpha value is -2.90. The molecule has 2 heterocycles. The van der Waals surface area contributed by atoms with E-state index in [1.807, 2.05) is 36.1 Å². The molecule has 2 aliphatic rings. The Bertz CT molecular complexity index is 841. The van der Waals surface area contributed by atoms with Gasteiger partial charge in [-0.3, -0.25) is 9.89 Å². The Morgan fingerprint density at radius 1 is 1.25 bits per heavy atom. The molecule has 3 amide bonds. The van der Waals surface area contributed by atoms with E-state index >= 15 is 0 Å². The van der Waals surface area contributed by atoms with Crippen LogP contribution in [0.2, 0.25) is 0 Å². The third-order valence-corrected chi connectivity index (χ3v) is 5.55. The van der Waals surface area contributed by atoms with Crippen LogP contribution in [0.15, 0.2) is 24.3 Å². The molecule has 0 spiro atoms. The predicted molar refractivity (Wildman–Crippen MR) is 106 cm³/mol. The number of amides is 3. The summed E-state index contributed by atoms with van der Waals surface area (Å²) in [7, 11) is 0. The molecule has 28 heavy (non-hydrogen) atoms. The molecular formula is C20H26N6O2. The van der Waals surface area contributed by atoms with Crippen LogP contribution in [0, 0.1) is 12.8 Å². The number of H-pyrrole nitrogens is 1. The minimum atomic E-state index is -0.256. The highest BCUT2D eigenvalue weighted by Gasteiger charge is 2.35. The van der Waals surface area contributed by atoms with Gasteiger partial charge < -0.3 is 15.5 Å². The number of rotatable bonds is 5. The lowest BCUT2D eigenvalue weighted by molar-refractivity contribution is -0.129. The monoisotopic (exact) mass is 382 g/mol. The summed E-state index contributed by atoms with van der Waals surface area (Å²) in [4.78, 5) is 30.8. The van der Waals surface area contributed by atoms with Crippen molar-refractivity contribution in [2.75, 3.05) is 18.4 Å². The highest BCUT2D eigenvalue weighted by Crippen LogP contribution is 2.29. The number of urea groups is 1. The van der Waals surface area contributed by atoms with E-state index in [1.165, 1.54) is 12.8 Å². The summed E-state index contributed by atoms with van der Waals surface area (Å²) in [6.45, 7) is 3.12. The molecule has 8 nitrogen and oxygen atoms in total. The van der Waals surface area contributed by atoms with E-state index < -0.39 is 0 Å². The number of carbonyl (C=O) groups excluding carboxylic acids is 2. The molecule has 1 aromatic heterocycles. The molecule has 4 rings (SSSR count). The minimum absolute atomic E-state index is 0.190. The number of nitrogens with one attached hydrogen (secondary N) is 3. The average Bonchev–Trinajstić information content (AvgIpc) is 3.42. The molecular weight excluding hydrogens is 356 g/mol. The van der Waals surface area contributed by atoms with Crippen molar-refractivity contribution < 1.29 is 9.59 Å². The standard InChI is InChI=1S/C20H26N6O2/c1-13-22-19(25-24-13)15-6-8-16(9-7-15)23-20(28)21-11-14-10-18(27)26(12-14)17-4-2-3-5-17/h6-9,14,17H,2-5,10-12H2,1H3,(H2,21,23,28)(H,22,24,25). The van der Waals surface area contributed by atoms with Gasteiger partial charge in [-0.2, -0.15) is 5.10 Å². The van der Waals surface area contributed by atoms with Gasteiger partial charge in [0.05, 0.1) is 0 Å². The number of aromatic amines is 1. The third kappa shape index (κ3) is 4.16. The fraction of sp³-hybridized carbons (Fsp3) is 0.500. The molecule has 2 aromatic rings. The molecule has 1 saturated heterocycles. The maximum atomic E-state index is 12.2. The van der Waals surface area contributed by atoms with E-state index in [1.54, 1.807) is 0 Å². The van der Waals surface area contributed by atoms with Crippen molar-refractivity contribution >= 4 is 17.6 Å². The van der Waals surface area contributed by atoms with E-state index in [9.17, 15) is 9.59 Å². The first-order valence-corrected chi connectivity index (χ1v) is 9.92. The summed E-state index contributed by atoms with van der Waals surface area (Å²) in [6, 6.07) is 7.54. The van der Waals surface area contributed by atoms with Gasteiger partial charge in [0.25, 0.3) is 0 Å². The van der Waals surface area contributed by atoms with Crippen LogP contribution < -0.4 is 10.6 Å². The molecule has 8 heteroatoms. The maximum absolute atomic E-state index is 12.2. The van der Waals surface area contributed by atoms with Gasteiger partial charge in [0, 0.05) is 42.7 Å². The highest BCUT2D eigenvalue weighted by atomic mass is 16.2. The largest absolute Gasteiger partial charge is 0.339 e. The molecule has 148 valence electrons. The molecule has 2 fully saturated rings. The Balaban J connectivity index is 1.25. The van der Waals surface area contributed by atoms with Crippen LogP contribution in [0.1, 0.15) is 37.9 Å². The van der Waals surface area contributed by atoms with Crippen LogP contribution in [0.5, 0.6) is 0 Å². The smallest absolute Gasteiger partial charge is 0.319 e. The van der Waals surface area contributed by atoms with Crippen molar-refractivity contribution in [1.29, 1.82) is 0 Å². The van der Waals surface area contributed by atoms with Crippen LogP contribution >= 0.6 is 0 Å². The molecule has 1 unspecified atom stereocenters. The van der Waals surface area contributed by atoms with Crippen LogP contribution in [-0.4, -0.2) is 51.2 Å². The topological polar surface area (TPSA) is 103 Å². The van der Waals surface area contributed by atoms with E-state index in [-0.39, 0.29) is 17.9 Å². The van der Waals surface area contributed by atoms with Crippen molar-refractivity contribution in [2.45, 2.75) is 45.1 Å². The van der Waals surface area contributed by atoms with E-state index in [4.69, 9.17) is 0 Å². The van der Waals surface area contributed by atoms with Gasteiger partial charge in [0.2, 0.25) is 5.91 Å². The number of aryl methyl sites for hydroxylation is 1. The lowest BCUT2D eigenvalue weighted by Crippen LogP contribution is -2.36. The van der Waals surface area contributed by atoms with Crippen molar-refractivity contribution in [3.8, 4) is 11.4 Å². The molecule has 1 atom stereocenters. The summed E-state index contributed by atoms with van der Waals surface area (Å²) < 4.78 is 0. The van der Waals surface area contributed by atoms with E-state index in [0.29, 0.717) is 30.5 Å². The highest BCUT2D eigenvalue weighted by molar-refractivity contribution is 5.89. The average molecular weight is 382 g/mol. The van der Waals surface area contributed by atoms with Crippen LogP contribution in [0.4, 0.5) is 10.5 Å². The number of hydrogen-bond donors (Lipinski definition) is 3. The Morgan fingerprint density at radius 2 is 2.00 bits per heavy atom. The number of likely N-dealkylation sites (tertiary alicyclic amines) is 1.